The van der Waals surface area contributed by atoms with Crippen LogP contribution in [-0.2, 0) is 14.4 Å². The molecule has 0 radical (unpaired) electrons. The van der Waals surface area contributed by atoms with Crippen LogP contribution in [0.5, 0.6) is 0 Å². The third-order valence-corrected chi connectivity index (χ3v) is 6.44. The van der Waals surface area contributed by atoms with Crippen LogP contribution in [0.2, 0.25) is 5.02 Å². The molecule has 212 valence electrons. The second kappa shape index (κ2) is 12.1. The standard InChI is InChI=1S/C24H24ClF6N5O3/c25-15-4-3-5-17-19(15)35-22(39)16(12-36(17)18-6-1-2-11-33-18)34-21(38)14(8-10-24(29,30)31)13(20(32)37)7-9-23(26,27)28/h1-6,11,13-14,16H,7-10,12H2,(H2,32,37)(H,34,38)(H,35,39)/t13-,14+,16+/m1/s1. The molecule has 0 saturated carbocycles. The maximum absolute atomic E-state index is 13.2. The van der Waals surface area contributed by atoms with Crippen molar-refractivity contribution in [3.05, 3.63) is 47.6 Å². The van der Waals surface area contributed by atoms with E-state index in [4.69, 9.17) is 17.3 Å². The van der Waals surface area contributed by atoms with Crippen LogP contribution in [0.25, 0.3) is 0 Å². The number of rotatable bonds is 9. The maximum Gasteiger partial charge on any atom is 0.389 e. The summed E-state index contributed by atoms with van der Waals surface area (Å²) >= 11 is 6.27. The van der Waals surface area contributed by atoms with Crippen molar-refractivity contribution in [1.29, 1.82) is 0 Å². The van der Waals surface area contributed by atoms with E-state index in [1.165, 1.54) is 17.2 Å². The molecule has 1 aliphatic rings. The Morgan fingerprint density at radius 3 is 2.26 bits per heavy atom. The lowest BCUT2D eigenvalue weighted by Crippen LogP contribution is -2.52. The van der Waals surface area contributed by atoms with Gasteiger partial charge in [-0.3, -0.25) is 14.4 Å². The zero-order valence-electron chi connectivity index (χ0n) is 20.2. The lowest BCUT2D eigenvalue weighted by atomic mass is 9.83. The Bertz CT molecular complexity index is 1200. The van der Waals surface area contributed by atoms with Gasteiger partial charge in [-0.05, 0) is 37.1 Å². The van der Waals surface area contributed by atoms with E-state index in [1.807, 2.05) is 0 Å². The Kier molecular flexibility index (Phi) is 9.30. The number of benzene rings is 1. The van der Waals surface area contributed by atoms with E-state index < -0.39 is 73.6 Å². The van der Waals surface area contributed by atoms with Crippen molar-refractivity contribution in [3.63, 3.8) is 0 Å². The van der Waals surface area contributed by atoms with E-state index in [-0.39, 0.29) is 17.3 Å². The fourth-order valence-corrected chi connectivity index (χ4v) is 4.47. The number of aromatic nitrogens is 1. The topological polar surface area (TPSA) is 117 Å². The molecule has 1 aromatic carbocycles. The number of halogens is 7. The summed E-state index contributed by atoms with van der Waals surface area (Å²) in [5.41, 5.74) is 5.81. The third-order valence-electron chi connectivity index (χ3n) is 6.12. The first-order valence-corrected chi connectivity index (χ1v) is 12.0. The lowest BCUT2D eigenvalue weighted by Gasteiger charge is -2.29. The monoisotopic (exact) mass is 579 g/mol. The molecule has 2 heterocycles. The number of hydrogen-bond donors (Lipinski definition) is 3. The van der Waals surface area contributed by atoms with E-state index >= 15 is 0 Å². The molecule has 1 aliphatic heterocycles. The van der Waals surface area contributed by atoms with Gasteiger partial charge in [0.15, 0.2) is 0 Å². The summed E-state index contributed by atoms with van der Waals surface area (Å²) in [6, 6.07) is 8.20. The van der Waals surface area contributed by atoms with Crippen molar-refractivity contribution in [2.75, 3.05) is 16.8 Å². The number of nitrogens with zero attached hydrogens (tertiary/aromatic N) is 2. The van der Waals surface area contributed by atoms with Crippen molar-refractivity contribution in [3.8, 4) is 0 Å². The third kappa shape index (κ3) is 8.22. The molecule has 0 aliphatic carbocycles. The van der Waals surface area contributed by atoms with Crippen LogP contribution in [0.3, 0.4) is 0 Å². The molecule has 0 unspecified atom stereocenters. The highest BCUT2D eigenvalue weighted by molar-refractivity contribution is 6.34. The van der Waals surface area contributed by atoms with Crippen LogP contribution < -0.4 is 21.3 Å². The summed E-state index contributed by atoms with van der Waals surface area (Å²) in [5.74, 6) is -6.77. The van der Waals surface area contributed by atoms with Gasteiger partial charge >= 0.3 is 12.4 Å². The predicted molar refractivity (Wildman–Crippen MR) is 130 cm³/mol. The number of amides is 3. The van der Waals surface area contributed by atoms with E-state index in [9.17, 15) is 40.7 Å². The second-order valence-electron chi connectivity index (χ2n) is 8.91. The maximum atomic E-state index is 13.2. The molecule has 39 heavy (non-hydrogen) atoms. The number of carbonyl (C=O) groups excluding carboxylic acids is 3. The van der Waals surface area contributed by atoms with Crippen molar-refractivity contribution < 1.29 is 40.7 Å². The normalized spacial score (nSPS) is 17.5. The number of hydrogen-bond acceptors (Lipinski definition) is 5. The average Bonchev–Trinajstić information content (AvgIpc) is 2.97. The smallest absolute Gasteiger partial charge is 0.369 e. The summed E-state index contributed by atoms with van der Waals surface area (Å²) in [6.07, 6.45) is -13.1. The Morgan fingerprint density at radius 1 is 1.05 bits per heavy atom. The Hall–Kier alpha value is -3.55. The number of fused-ring (bicyclic) bond motifs is 1. The molecular weight excluding hydrogens is 556 g/mol. The quantitative estimate of drug-likeness (QED) is 0.372. The fourth-order valence-electron chi connectivity index (χ4n) is 4.25. The molecule has 1 aromatic heterocycles. The number of alkyl halides is 6. The number of anilines is 3. The molecule has 2 aromatic rings. The molecular formula is C24H24ClF6N5O3. The van der Waals surface area contributed by atoms with E-state index in [1.54, 1.807) is 30.3 Å². The second-order valence-corrected chi connectivity index (χ2v) is 9.31. The molecule has 3 rings (SSSR count). The van der Waals surface area contributed by atoms with Crippen molar-refractivity contribution >= 4 is 46.5 Å². The number of carbonyl (C=O) groups is 3. The Balaban J connectivity index is 1.93. The molecule has 0 saturated heterocycles. The molecule has 3 atom stereocenters. The van der Waals surface area contributed by atoms with Gasteiger partial charge < -0.3 is 21.3 Å². The zero-order valence-corrected chi connectivity index (χ0v) is 20.9. The van der Waals surface area contributed by atoms with Gasteiger partial charge in [0.1, 0.15) is 11.9 Å². The minimum absolute atomic E-state index is 0.151. The van der Waals surface area contributed by atoms with Gasteiger partial charge in [0.25, 0.3) is 0 Å². The van der Waals surface area contributed by atoms with Gasteiger partial charge in [0, 0.05) is 30.9 Å². The first-order valence-electron chi connectivity index (χ1n) is 11.7. The number of primary amides is 1. The van der Waals surface area contributed by atoms with Gasteiger partial charge in [0.2, 0.25) is 17.7 Å². The summed E-state index contributed by atoms with van der Waals surface area (Å²) in [7, 11) is 0. The molecule has 3 amide bonds. The summed E-state index contributed by atoms with van der Waals surface area (Å²) in [4.78, 5) is 44.1. The van der Waals surface area contributed by atoms with Crippen molar-refractivity contribution in [2.45, 2.75) is 44.1 Å². The summed E-state index contributed by atoms with van der Waals surface area (Å²) < 4.78 is 77.6. The highest BCUT2D eigenvalue weighted by Crippen LogP contribution is 2.38. The molecule has 0 fully saturated rings. The van der Waals surface area contributed by atoms with Gasteiger partial charge in [-0.2, -0.15) is 26.3 Å². The number of pyridine rings is 1. The van der Waals surface area contributed by atoms with Crippen LogP contribution in [-0.4, -0.2) is 47.6 Å². The zero-order chi connectivity index (χ0) is 29.0. The fraction of sp³-hybridized carbons (Fsp3) is 0.417. The molecule has 4 N–H and O–H groups in total. The number of nitrogens with two attached hydrogens (primary N) is 1. The van der Waals surface area contributed by atoms with Crippen LogP contribution in [0.15, 0.2) is 42.6 Å². The largest absolute Gasteiger partial charge is 0.389 e. The van der Waals surface area contributed by atoms with Crippen LogP contribution >= 0.6 is 11.6 Å². The first kappa shape index (κ1) is 30.0. The number of para-hydroxylation sites is 1. The summed E-state index contributed by atoms with van der Waals surface area (Å²) in [5, 5.41) is 5.03. The van der Waals surface area contributed by atoms with Crippen molar-refractivity contribution in [1.82, 2.24) is 10.3 Å². The summed E-state index contributed by atoms with van der Waals surface area (Å²) in [6.45, 7) is -0.266. The van der Waals surface area contributed by atoms with E-state index in [2.05, 4.69) is 15.6 Å². The highest BCUT2D eigenvalue weighted by atomic mass is 35.5. The van der Waals surface area contributed by atoms with E-state index in [0.717, 1.165) is 0 Å². The minimum Gasteiger partial charge on any atom is -0.369 e. The van der Waals surface area contributed by atoms with Gasteiger partial charge in [-0.1, -0.05) is 23.7 Å². The van der Waals surface area contributed by atoms with Gasteiger partial charge in [-0.25, -0.2) is 4.98 Å². The van der Waals surface area contributed by atoms with Crippen LogP contribution in [0.4, 0.5) is 43.5 Å². The van der Waals surface area contributed by atoms with Crippen LogP contribution in [0, 0.1) is 11.8 Å². The Morgan fingerprint density at radius 2 is 1.69 bits per heavy atom. The molecule has 0 spiro atoms. The lowest BCUT2D eigenvalue weighted by molar-refractivity contribution is -0.152. The molecule has 0 bridgehead atoms. The van der Waals surface area contributed by atoms with Gasteiger partial charge in [-0.15, -0.1) is 0 Å². The van der Waals surface area contributed by atoms with Crippen molar-refractivity contribution in [2.24, 2.45) is 17.6 Å². The average molecular weight is 580 g/mol. The van der Waals surface area contributed by atoms with E-state index in [0.29, 0.717) is 11.5 Å². The molecule has 8 nitrogen and oxygen atoms in total. The SMILES string of the molecule is NC(=O)[C@H](CCC(F)(F)F)[C@H](CCC(F)(F)F)C(=O)N[C@H]1CN(c2ccccn2)c2cccc(Cl)c2NC1=O. The first-order chi connectivity index (χ1) is 18.2. The Labute approximate surface area is 223 Å². The van der Waals surface area contributed by atoms with Gasteiger partial charge in [0.05, 0.1) is 22.9 Å². The van der Waals surface area contributed by atoms with Crippen LogP contribution in [0.1, 0.15) is 25.7 Å². The highest BCUT2D eigenvalue weighted by Gasteiger charge is 2.41. The predicted octanol–water partition coefficient (Wildman–Crippen LogP) is 4.71. The molecule has 15 heteroatoms. The minimum atomic E-state index is -4.77. The number of nitrogens with one attached hydrogen (secondary N) is 2.